The van der Waals surface area contributed by atoms with Crippen molar-refractivity contribution in [2.24, 2.45) is 5.16 Å². The van der Waals surface area contributed by atoms with E-state index in [1.165, 1.54) is 0 Å². The van der Waals surface area contributed by atoms with Crippen LogP contribution in [0.4, 0.5) is 5.69 Å². The van der Waals surface area contributed by atoms with Gasteiger partial charge in [0.05, 0.1) is 0 Å². The maximum atomic E-state index is 12.3. The molecule has 1 atom stereocenters. The van der Waals surface area contributed by atoms with E-state index in [-0.39, 0.29) is 18.0 Å². The lowest BCUT2D eigenvalue weighted by molar-refractivity contribution is -0.129. The highest BCUT2D eigenvalue weighted by atomic mass is 16.6. The Kier molecular flexibility index (Phi) is 2.70. The van der Waals surface area contributed by atoms with E-state index in [2.05, 4.69) is 5.16 Å². The molecule has 2 aliphatic heterocycles. The first kappa shape index (κ1) is 11.7. The van der Waals surface area contributed by atoms with Gasteiger partial charge in [0, 0.05) is 18.7 Å². The van der Waals surface area contributed by atoms with Gasteiger partial charge in [-0.3, -0.25) is 4.79 Å². The number of aliphatic carboxylic acids is 1. The van der Waals surface area contributed by atoms with Crippen LogP contribution in [0.5, 0.6) is 0 Å². The first-order valence-corrected chi connectivity index (χ1v) is 6.02. The summed E-state index contributed by atoms with van der Waals surface area (Å²) in [6.45, 7) is 0.598. The number of oxime groups is 1. The maximum Gasteiger partial charge on any atom is 0.353 e. The summed E-state index contributed by atoms with van der Waals surface area (Å²) in [5, 5.41) is 12.2. The molecule has 1 unspecified atom stereocenters. The summed E-state index contributed by atoms with van der Waals surface area (Å²) in [4.78, 5) is 29.6. The van der Waals surface area contributed by atoms with Gasteiger partial charge >= 0.3 is 5.97 Å². The molecule has 0 saturated carbocycles. The molecule has 6 nitrogen and oxygen atoms in total. The van der Waals surface area contributed by atoms with E-state index in [4.69, 9.17) is 9.94 Å². The number of carbonyl (C=O) groups is 2. The third kappa shape index (κ3) is 1.95. The van der Waals surface area contributed by atoms with Gasteiger partial charge in [-0.05, 0) is 18.1 Å². The van der Waals surface area contributed by atoms with E-state index in [0.29, 0.717) is 6.54 Å². The lowest BCUT2D eigenvalue weighted by atomic mass is 10.1. The van der Waals surface area contributed by atoms with Crippen LogP contribution in [-0.4, -0.2) is 35.3 Å². The molecule has 19 heavy (non-hydrogen) atoms. The van der Waals surface area contributed by atoms with Crippen molar-refractivity contribution in [1.29, 1.82) is 0 Å². The van der Waals surface area contributed by atoms with Crippen LogP contribution in [0.15, 0.2) is 29.4 Å². The monoisotopic (exact) mass is 260 g/mol. The van der Waals surface area contributed by atoms with Crippen molar-refractivity contribution in [3.8, 4) is 0 Å². The highest BCUT2D eigenvalue weighted by molar-refractivity contribution is 6.36. The van der Waals surface area contributed by atoms with E-state index in [1.54, 1.807) is 4.90 Å². The van der Waals surface area contributed by atoms with E-state index in [1.807, 2.05) is 24.3 Å². The number of rotatable bonds is 2. The Bertz CT molecular complexity index is 582. The van der Waals surface area contributed by atoms with Gasteiger partial charge in [-0.15, -0.1) is 0 Å². The molecule has 2 aliphatic rings. The smallest absolute Gasteiger partial charge is 0.353 e. The number of hydrogen-bond donors (Lipinski definition) is 1. The minimum Gasteiger partial charge on any atom is -0.477 e. The van der Waals surface area contributed by atoms with Crippen LogP contribution < -0.4 is 4.90 Å². The number of hydrogen-bond acceptors (Lipinski definition) is 4. The zero-order valence-electron chi connectivity index (χ0n) is 10.1. The number of nitrogens with zero attached hydrogens (tertiary/aromatic N) is 2. The molecule has 98 valence electrons. The third-order valence-electron chi connectivity index (χ3n) is 3.34. The number of benzene rings is 1. The van der Waals surface area contributed by atoms with Crippen LogP contribution in [0.25, 0.3) is 0 Å². The molecule has 2 heterocycles. The van der Waals surface area contributed by atoms with Gasteiger partial charge in [-0.25, -0.2) is 4.79 Å². The van der Waals surface area contributed by atoms with E-state index in [9.17, 15) is 9.59 Å². The highest BCUT2D eigenvalue weighted by Gasteiger charge is 2.36. The Hall–Kier alpha value is -2.37. The van der Waals surface area contributed by atoms with Crippen molar-refractivity contribution < 1.29 is 19.5 Å². The van der Waals surface area contributed by atoms with E-state index >= 15 is 0 Å². The van der Waals surface area contributed by atoms with Crippen molar-refractivity contribution in [3.63, 3.8) is 0 Å². The Balaban J connectivity index is 1.75. The normalized spacial score (nSPS) is 20.7. The lowest BCUT2D eigenvalue weighted by Gasteiger charge is -2.19. The number of carboxylic acid groups (broad SMARTS) is 1. The molecular weight excluding hydrogens is 248 g/mol. The molecule has 1 aromatic carbocycles. The molecule has 0 saturated heterocycles. The first-order valence-electron chi connectivity index (χ1n) is 6.02. The number of carbonyl (C=O) groups excluding carboxylic acids is 1. The molecule has 1 amide bonds. The summed E-state index contributed by atoms with van der Waals surface area (Å²) in [6.07, 6.45) is 0.00551. The molecular formula is C13H12N2O4. The SMILES string of the molecule is O=C(O)C1=NOC(C(=O)N2CCc3ccccc32)C1. The fourth-order valence-corrected chi connectivity index (χ4v) is 2.38. The zero-order chi connectivity index (χ0) is 13.4. The lowest BCUT2D eigenvalue weighted by Crippen LogP contribution is -2.38. The van der Waals surface area contributed by atoms with Gasteiger partial charge in [0.1, 0.15) is 0 Å². The largest absolute Gasteiger partial charge is 0.477 e. The summed E-state index contributed by atoms with van der Waals surface area (Å²) < 4.78 is 0. The molecule has 0 aliphatic carbocycles. The highest BCUT2D eigenvalue weighted by Crippen LogP contribution is 2.29. The van der Waals surface area contributed by atoms with E-state index in [0.717, 1.165) is 17.7 Å². The maximum absolute atomic E-state index is 12.3. The first-order chi connectivity index (χ1) is 9.16. The van der Waals surface area contributed by atoms with Crippen LogP contribution in [0.1, 0.15) is 12.0 Å². The molecule has 0 fully saturated rings. The van der Waals surface area contributed by atoms with Crippen LogP contribution in [0.2, 0.25) is 0 Å². The summed E-state index contributed by atoms with van der Waals surface area (Å²) in [6, 6.07) is 7.68. The second kappa shape index (κ2) is 4.38. The van der Waals surface area contributed by atoms with Gasteiger partial charge in [0.15, 0.2) is 5.71 Å². The van der Waals surface area contributed by atoms with Crippen molar-refractivity contribution in [2.45, 2.75) is 18.9 Å². The van der Waals surface area contributed by atoms with Gasteiger partial charge in [-0.2, -0.15) is 0 Å². The average molecular weight is 260 g/mol. The average Bonchev–Trinajstić information content (AvgIpc) is 3.05. The Morgan fingerprint density at radius 1 is 1.37 bits per heavy atom. The summed E-state index contributed by atoms with van der Waals surface area (Å²) in [5.41, 5.74) is 1.89. The molecule has 1 aromatic rings. The second-order valence-electron chi connectivity index (χ2n) is 4.51. The number of fused-ring (bicyclic) bond motifs is 1. The minimum atomic E-state index is -1.14. The van der Waals surface area contributed by atoms with Crippen molar-refractivity contribution in [1.82, 2.24) is 0 Å². The van der Waals surface area contributed by atoms with Crippen LogP contribution in [0.3, 0.4) is 0 Å². The Morgan fingerprint density at radius 2 is 2.16 bits per heavy atom. The fraction of sp³-hybridized carbons (Fsp3) is 0.308. The van der Waals surface area contributed by atoms with E-state index < -0.39 is 12.1 Å². The quantitative estimate of drug-likeness (QED) is 0.853. The summed E-state index contributed by atoms with van der Waals surface area (Å²) in [5.74, 6) is -1.37. The topological polar surface area (TPSA) is 79.2 Å². The van der Waals surface area contributed by atoms with Crippen LogP contribution in [0, 0.1) is 0 Å². The summed E-state index contributed by atoms with van der Waals surface area (Å²) in [7, 11) is 0. The number of anilines is 1. The van der Waals surface area contributed by atoms with Gasteiger partial charge < -0.3 is 14.8 Å². The fourth-order valence-electron chi connectivity index (χ4n) is 2.38. The van der Waals surface area contributed by atoms with Crippen molar-refractivity contribution in [3.05, 3.63) is 29.8 Å². The molecule has 3 rings (SSSR count). The summed E-state index contributed by atoms with van der Waals surface area (Å²) >= 11 is 0. The second-order valence-corrected chi connectivity index (χ2v) is 4.51. The number of amides is 1. The molecule has 6 heteroatoms. The third-order valence-corrected chi connectivity index (χ3v) is 3.34. The van der Waals surface area contributed by atoms with Crippen LogP contribution >= 0.6 is 0 Å². The molecule has 1 N–H and O–H groups in total. The number of carboxylic acids is 1. The minimum absolute atomic E-state index is 0.0207. The number of para-hydroxylation sites is 1. The molecule has 0 aromatic heterocycles. The van der Waals surface area contributed by atoms with Crippen molar-refractivity contribution >= 4 is 23.3 Å². The standard InChI is InChI=1S/C13H12N2O4/c16-12(11-7-9(13(17)18)14-19-11)15-6-5-8-3-1-2-4-10(8)15/h1-4,11H,5-7H2,(H,17,18). The van der Waals surface area contributed by atoms with Gasteiger partial charge in [-0.1, -0.05) is 23.4 Å². The Morgan fingerprint density at radius 3 is 2.89 bits per heavy atom. The predicted molar refractivity (Wildman–Crippen MR) is 67.1 cm³/mol. The Labute approximate surface area is 109 Å². The van der Waals surface area contributed by atoms with Crippen molar-refractivity contribution in [2.75, 3.05) is 11.4 Å². The molecule has 0 spiro atoms. The molecule has 0 bridgehead atoms. The van der Waals surface area contributed by atoms with Gasteiger partial charge in [0.2, 0.25) is 6.10 Å². The molecule has 0 radical (unpaired) electrons. The predicted octanol–water partition coefficient (Wildman–Crippen LogP) is 0.805. The van der Waals surface area contributed by atoms with Gasteiger partial charge in [0.25, 0.3) is 5.91 Å². The zero-order valence-corrected chi connectivity index (χ0v) is 10.1. The van der Waals surface area contributed by atoms with Crippen LogP contribution in [-0.2, 0) is 20.8 Å².